The van der Waals surface area contributed by atoms with Crippen molar-refractivity contribution in [2.75, 3.05) is 0 Å². The van der Waals surface area contributed by atoms with Crippen molar-refractivity contribution < 1.29 is 31.9 Å². The van der Waals surface area contributed by atoms with Crippen LogP contribution in [0.3, 0.4) is 0 Å². The Balaban J connectivity index is 0. The van der Waals surface area contributed by atoms with Gasteiger partial charge in [-0.3, -0.25) is 0 Å². The Bertz CT molecular complexity index is 22.8. The van der Waals surface area contributed by atoms with Gasteiger partial charge in [-0.15, -0.1) is 0 Å². The van der Waals surface area contributed by atoms with Gasteiger partial charge in [-0.1, -0.05) is 6.92 Å². The van der Waals surface area contributed by atoms with Crippen molar-refractivity contribution in [1.82, 2.24) is 0 Å². The van der Waals surface area contributed by atoms with Crippen LogP contribution in [0.4, 0.5) is 0 Å². The van der Waals surface area contributed by atoms with E-state index in [0.29, 0.717) is 6.42 Å². The van der Waals surface area contributed by atoms with Gasteiger partial charge in [0.15, 0.2) is 6.29 Å². The fourth-order valence-corrected chi connectivity index (χ4v) is 0. The van der Waals surface area contributed by atoms with E-state index in [1.54, 1.807) is 6.92 Å². The topological polar surface area (TPSA) is 40.5 Å². The van der Waals surface area contributed by atoms with Gasteiger partial charge >= 0.3 is 0 Å². The molecule has 0 unspecified atom stereocenters. The number of hydrogen-bond acceptors (Lipinski definition) is 2. The summed E-state index contributed by atoms with van der Waals surface area (Å²) in [6, 6.07) is 0. The Morgan fingerprint density at radius 3 is 1.67 bits per heavy atom. The Morgan fingerprint density at radius 1 is 1.50 bits per heavy atom. The van der Waals surface area contributed by atoms with E-state index in [-0.39, 0.29) is 21.7 Å². The largest absolute Gasteiger partial charge is 0.368 e. The maximum absolute atomic E-state index is 7.92. The Kier molecular flexibility index (Phi) is 9.21. The van der Waals surface area contributed by atoms with Crippen molar-refractivity contribution in [3.8, 4) is 0 Å². The van der Waals surface area contributed by atoms with E-state index in [1.807, 2.05) is 0 Å². The minimum atomic E-state index is -1.12. The smallest absolute Gasteiger partial charge is 0.151 e. The van der Waals surface area contributed by atoms with Crippen molar-refractivity contribution in [2.45, 2.75) is 19.6 Å². The van der Waals surface area contributed by atoms with E-state index >= 15 is 0 Å². The van der Waals surface area contributed by atoms with Gasteiger partial charge in [-0.2, -0.15) is 0 Å². The number of aliphatic hydroxyl groups is 2. The first-order chi connectivity index (χ1) is 2.27. The van der Waals surface area contributed by atoms with Gasteiger partial charge in [0.25, 0.3) is 0 Å². The molecule has 36 valence electrons. The van der Waals surface area contributed by atoms with Crippen LogP contribution in [0.1, 0.15) is 13.3 Å². The molecular weight excluding hydrogens is 116 g/mol. The monoisotopic (exact) mass is 124 g/mol. The normalized spacial score (nSPS) is 8.00. The molecule has 2 N–H and O–H groups in total. The third kappa shape index (κ3) is 8.82. The maximum atomic E-state index is 7.92. The van der Waals surface area contributed by atoms with Crippen molar-refractivity contribution >= 4 is 0 Å². The summed E-state index contributed by atoms with van der Waals surface area (Å²) in [7, 11) is 0. The zero-order valence-electron chi connectivity index (χ0n) is 3.68. The molecule has 0 bridgehead atoms. The quantitative estimate of drug-likeness (QED) is 0.372. The van der Waals surface area contributed by atoms with Crippen LogP contribution in [0.5, 0.6) is 0 Å². The van der Waals surface area contributed by atoms with Crippen molar-refractivity contribution in [2.24, 2.45) is 0 Å². The van der Waals surface area contributed by atoms with E-state index in [4.69, 9.17) is 10.2 Å². The van der Waals surface area contributed by atoms with E-state index < -0.39 is 6.29 Å². The van der Waals surface area contributed by atoms with Gasteiger partial charge in [-0.25, -0.2) is 0 Å². The van der Waals surface area contributed by atoms with Gasteiger partial charge in [0.1, 0.15) is 0 Å². The number of rotatable bonds is 1. The Morgan fingerprint density at radius 2 is 1.67 bits per heavy atom. The van der Waals surface area contributed by atoms with Crippen LogP contribution in [0, 0.1) is 0 Å². The third-order valence-electron chi connectivity index (χ3n) is 0.365. The van der Waals surface area contributed by atoms with E-state index in [1.165, 1.54) is 0 Å². The molecule has 0 aromatic rings. The van der Waals surface area contributed by atoms with E-state index in [2.05, 4.69) is 0 Å². The molecule has 0 aliphatic heterocycles. The molecule has 0 saturated heterocycles. The van der Waals surface area contributed by atoms with Gasteiger partial charge in [0.05, 0.1) is 0 Å². The fourth-order valence-electron chi connectivity index (χ4n) is 0. The molecule has 3 heteroatoms. The molecule has 0 fully saturated rings. The van der Waals surface area contributed by atoms with Gasteiger partial charge in [0.2, 0.25) is 0 Å². The molecule has 0 atom stereocenters. The van der Waals surface area contributed by atoms with Crippen LogP contribution in [0.15, 0.2) is 0 Å². The van der Waals surface area contributed by atoms with Crippen molar-refractivity contribution in [1.29, 1.82) is 0 Å². The summed E-state index contributed by atoms with van der Waals surface area (Å²) in [5.74, 6) is 0. The molecule has 0 rings (SSSR count). The molecule has 0 aliphatic rings. The van der Waals surface area contributed by atoms with E-state index in [9.17, 15) is 0 Å². The number of hydrogen-bond donors (Lipinski definition) is 2. The molecule has 6 heavy (non-hydrogen) atoms. The summed E-state index contributed by atoms with van der Waals surface area (Å²) in [6.45, 7) is 1.70. The van der Waals surface area contributed by atoms with Crippen LogP contribution >= 0.6 is 0 Å². The Labute approximate surface area is 52.1 Å². The predicted octanol–water partition coefficient (Wildman–Crippen LogP) is -0.295. The summed E-state index contributed by atoms with van der Waals surface area (Å²) < 4.78 is 0. The Hall–Kier alpha value is 0.634. The van der Waals surface area contributed by atoms with Gasteiger partial charge in [0, 0.05) is 21.7 Å². The summed E-state index contributed by atoms with van der Waals surface area (Å²) in [4.78, 5) is 0. The third-order valence-corrected chi connectivity index (χ3v) is 0.365. The molecule has 0 aliphatic carbocycles. The summed E-state index contributed by atoms with van der Waals surface area (Å²) in [5.41, 5.74) is 0. The summed E-state index contributed by atoms with van der Waals surface area (Å²) in [5, 5.41) is 15.8. The van der Waals surface area contributed by atoms with Crippen LogP contribution in [0.25, 0.3) is 0 Å². The van der Waals surface area contributed by atoms with E-state index in [0.717, 1.165) is 0 Å². The SMILES string of the molecule is CCC(O)O.[Ti]. The summed E-state index contributed by atoms with van der Waals surface area (Å²) >= 11 is 0. The van der Waals surface area contributed by atoms with Crippen LogP contribution in [-0.2, 0) is 21.7 Å². The minimum Gasteiger partial charge on any atom is -0.368 e. The first kappa shape index (κ1) is 9.81. The van der Waals surface area contributed by atoms with Gasteiger partial charge < -0.3 is 10.2 Å². The zero-order chi connectivity index (χ0) is 4.28. The maximum Gasteiger partial charge on any atom is 0.151 e. The molecule has 0 amide bonds. The molecular formula is C3H8O2Ti. The minimum absolute atomic E-state index is 0. The second-order valence-electron chi connectivity index (χ2n) is 0.889. The second kappa shape index (κ2) is 5.63. The molecule has 0 heterocycles. The first-order valence-corrected chi connectivity index (χ1v) is 1.63. The summed E-state index contributed by atoms with van der Waals surface area (Å²) in [6.07, 6.45) is -0.699. The fraction of sp³-hybridized carbons (Fsp3) is 1.00. The molecule has 0 aromatic carbocycles. The average Bonchev–Trinajstić information content (AvgIpc) is 1.38. The standard InChI is InChI=1S/C3H8O2.Ti/c1-2-3(4)5;/h3-5H,2H2,1H3;. The first-order valence-electron chi connectivity index (χ1n) is 1.63. The van der Waals surface area contributed by atoms with Crippen molar-refractivity contribution in [3.63, 3.8) is 0 Å². The number of aliphatic hydroxyl groups excluding tert-OH is 1. The molecule has 0 spiro atoms. The van der Waals surface area contributed by atoms with Gasteiger partial charge in [-0.05, 0) is 6.42 Å². The zero-order valence-corrected chi connectivity index (χ0v) is 5.24. The second-order valence-corrected chi connectivity index (χ2v) is 0.889. The predicted molar refractivity (Wildman–Crippen MR) is 18.5 cm³/mol. The van der Waals surface area contributed by atoms with Crippen LogP contribution in [-0.4, -0.2) is 16.5 Å². The molecule has 0 aromatic heterocycles. The molecule has 0 radical (unpaired) electrons. The van der Waals surface area contributed by atoms with Crippen LogP contribution < -0.4 is 0 Å². The van der Waals surface area contributed by atoms with Crippen molar-refractivity contribution in [3.05, 3.63) is 0 Å². The van der Waals surface area contributed by atoms with Crippen LogP contribution in [0.2, 0.25) is 0 Å². The average molecular weight is 124 g/mol. The molecule has 0 saturated carbocycles. The molecule has 2 nitrogen and oxygen atoms in total.